The Bertz CT molecular complexity index is 1840. The Morgan fingerprint density at radius 3 is 2.63 bits per heavy atom. The number of carbonyl (C=O) groups is 1. The van der Waals surface area contributed by atoms with Gasteiger partial charge in [-0.15, -0.1) is 0 Å². The predicted molar refractivity (Wildman–Crippen MR) is 151 cm³/mol. The molecule has 2 aromatic carbocycles. The van der Waals surface area contributed by atoms with E-state index >= 15 is 0 Å². The summed E-state index contributed by atoms with van der Waals surface area (Å²) in [6.07, 6.45) is 1.79. The van der Waals surface area contributed by atoms with Crippen molar-refractivity contribution in [3.63, 3.8) is 0 Å². The molecular weight excluding hydrogens is 500 g/mol. The molecule has 1 atom stereocenters. The van der Waals surface area contributed by atoms with Crippen LogP contribution in [0.1, 0.15) is 18.2 Å². The van der Waals surface area contributed by atoms with Gasteiger partial charge in [0.15, 0.2) is 0 Å². The molecule has 0 aliphatic carbocycles. The Balaban J connectivity index is 1.65. The Kier molecular flexibility index (Phi) is 6.72. The van der Waals surface area contributed by atoms with Crippen molar-refractivity contribution in [3.05, 3.63) is 87.4 Å². The molecule has 0 aliphatic rings. The van der Waals surface area contributed by atoms with Gasteiger partial charge in [0.1, 0.15) is 11.5 Å². The van der Waals surface area contributed by atoms with Crippen molar-refractivity contribution in [3.8, 4) is 23.0 Å². The van der Waals surface area contributed by atoms with Crippen molar-refractivity contribution < 1.29 is 4.79 Å². The first-order chi connectivity index (χ1) is 18.3. The van der Waals surface area contributed by atoms with E-state index in [1.165, 1.54) is 6.07 Å². The number of hydrogen-bond donors (Lipinski definition) is 2. The maximum atomic E-state index is 12.6. The molecule has 0 spiro atoms. The fourth-order valence-electron chi connectivity index (χ4n) is 4.28. The zero-order valence-electron chi connectivity index (χ0n) is 21.3. The van der Waals surface area contributed by atoms with Gasteiger partial charge in [-0.2, -0.15) is 5.10 Å². The van der Waals surface area contributed by atoms with Gasteiger partial charge in [0.05, 0.1) is 28.3 Å². The number of halogens is 1. The zero-order valence-corrected chi connectivity index (χ0v) is 22.1. The van der Waals surface area contributed by atoms with Crippen molar-refractivity contribution in [1.29, 1.82) is 0 Å². The summed E-state index contributed by atoms with van der Waals surface area (Å²) >= 11 is 6.90. The number of likely N-dealkylation sites (N-methyl/N-ethyl adjacent to an activating group) is 1. The number of nitrogens with one attached hydrogen (secondary N) is 2. The number of carbonyl (C=O) groups excluding carboxylic acids is 1. The van der Waals surface area contributed by atoms with E-state index in [1.807, 2.05) is 43.4 Å². The summed E-state index contributed by atoms with van der Waals surface area (Å²) in [6.45, 7) is 1.76. The van der Waals surface area contributed by atoms with Gasteiger partial charge < -0.3 is 15.2 Å². The van der Waals surface area contributed by atoms with Crippen molar-refractivity contribution in [2.45, 2.75) is 13.0 Å². The highest BCUT2D eigenvalue weighted by Crippen LogP contribution is 2.36. The summed E-state index contributed by atoms with van der Waals surface area (Å²) in [5.41, 5.74) is 4.24. The van der Waals surface area contributed by atoms with Crippen molar-refractivity contribution in [1.82, 2.24) is 24.6 Å². The molecule has 1 unspecified atom stereocenters. The standard InChI is InChI=1S/C29H25ClN6O2/c1-17(31-2)29(38)34-25-15-22(21-7-5-6-20-16-32-36(4)28(20)21)27(30)23(33-25)11-8-18-9-12-24-19(14-18)10-13-26(37)35(24)3/h5-7,9-10,12-17,31H,1-4H3,(H,33,34,38). The molecule has 9 heteroatoms. The molecule has 0 aliphatic heterocycles. The van der Waals surface area contributed by atoms with Crippen LogP contribution in [0.2, 0.25) is 5.02 Å². The van der Waals surface area contributed by atoms with Gasteiger partial charge in [-0.3, -0.25) is 14.3 Å². The molecule has 0 saturated heterocycles. The number of nitrogens with zero attached hydrogens (tertiary/aromatic N) is 4. The lowest BCUT2D eigenvalue weighted by molar-refractivity contribution is -0.117. The minimum Gasteiger partial charge on any atom is -0.311 e. The minimum absolute atomic E-state index is 0.0743. The largest absolute Gasteiger partial charge is 0.311 e. The number of pyridine rings is 2. The molecule has 3 heterocycles. The zero-order chi connectivity index (χ0) is 27.0. The minimum atomic E-state index is -0.417. The van der Waals surface area contributed by atoms with Gasteiger partial charge >= 0.3 is 0 Å². The van der Waals surface area contributed by atoms with E-state index in [2.05, 4.69) is 32.6 Å². The van der Waals surface area contributed by atoms with Gasteiger partial charge in [-0.1, -0.05) is 35.7 Å². The van der Waals surface area contributed by atoms with E-state index in [1.54, 1.807) is 48.6 Å². The van der Waals surface area contributed by atoms with E-state index in [0.717, 1.165) is 32.9 Å². The molecule has 8 nitrogen and oxygen atoms in total. The van der Waals surface area contributed by atoms with Crippen LogP contribution in [0.4, 0.5) is 5.82 Å². The molecule has 2 N–H and O–H groups in total. The number of aromatic nitrogens is 4. The summed E-state index contributed by atoms with van der Waals surface area (Å²) < 4.78 is 3.38. The number of benzene rings is 2. The van der Waals surface area contributed by atoms with Gasteiger partial charge in [-0.05, 0) is 55.6 Å². The molecule has 190 valence electrons. The summed E-state index contributed by atoms with van der Waals surface area (Å²) in [5.74, 6) is 6.34. The lowest BCUT2D eigenvalue weighted by atomic mass is 10.0. The number of amides is 1. The third-order valence-corrected chi connectivity index (χ3v) is 6.92. The maximum Gasteiger partial charge on any atom is 0.250 e. The number of anilines is 1. The predicted octanol–water partition coefficient (Wildman–Crippen LogP) is 4.09. The molecule has 0 radical (unpaired) electrons. The first kappa shape index (κ1) is 25.2. The van der Waals surface area contributed by atoms with Crippen LogP contribution in [0.5, 0.6) is 0 Å². The smallest absolute Gasteiger partial charge is 0.250 e. The molecule has 0 bridgehead atoms. The number of rotatable bonds is 4. The number of aryl methyl sites for hydroxylation is 2. The van der Waals surface area contributed by atoms with E-state index in [0.29, 0.717) is 22.1 Å². The first-order valence-electron chi connectivity index (χ1n) is 12.0. The molecule has 1 amide bonds. The summed E-state index contributed by atoms with van der Waals surface area (Å²) in [4.78, 5) is 29.2. The third kappa shape index (κ3) is 4.65. The van der Waals surface area contributed by atoms with E-state index in [9.17, 15) is 9.59 Å². The molecule has 38 heavy (non-hydrogen) atoms. The van der Waals surface area contributed by atoms with Crippen LogP contribution in [-0.4, -0.2) is 38.3 Å². The van der Waals surface area contributed by atoms with Crippen LogP contribution in [0.3, 0.4) is 0 Å². The summed E-state index contributed by atoms with van der Waals surface area (Å²) in [7, 11) is 5.32. The summed E-state index contributed by atoms with van der Waals surface area (Å²) in [6, 6.07) is 16.1. The van der Waals surface area contributed by atoms with Gasteiger partial charge in [0.2, 0.25) is 5.91 Å². The monoisotopic (exact) mass is 524 g/mol. The van der Waals surface area contributed by atoms with Gasteiger partial charge in [0, 0.05) is 42.2 Å². The first-order valence-corrected chi connectivity index (χ1v) is 12.4. The second-order valence-electron chi connectivity index (χ2n) is 8.98. The number of hydrogen-bond acceptors (Lipinski definition) is 5. The number of fused-ring (bicyclic) bond motifs is 2. The average Bonchev–Trinajstić information content (AvgIpc) is 3.31. The topological polar surface area (TPSA) is 93.8 Å². The third-order valence-electron chi connectivity index (χ3n) is 6.54. The fraction of sp³-hybridized carbons (Fsp3) is 0.172. The Morgan fingerprint density at radius 2 is 1.84 bits per heavy atom. The van der Waals surface area contributed by atoms with Crippen LogP contribution >= 0.6 is 11.6 Å². The van der Waals surface area contributed by atoms with Crippen LogP contribution in [0.15, 0.2) is 65.6 Å². The Hall–Kier alpha value is -4.45. The van der Waals surface area contributed by atoms with Crippen LogP contribution < -0.4 is 16.2 Å². The number of para-hydroxylation sites is 1. The molecular formula is C29H25ClN6O2. The average molecular weight is 525 g/mol. The highest BCUT2D eigenvalue weighted by Gasteiger charge is 2.18. The lowest BCUT2D eigenvalue weighted by Gasteiger charge is -2.14. The highest BCUT2D eigenvalue weighted by atomic mass is 35.5. The van der Waals surface area contributed by atoms with Gasteiger partial charge in [-0.25, -0.2) is 4.98 Å². The van der Waals surface area contributed by atoms with E-state index < -0.39 is 6.04 Å². The van der Waals surface area contributed by atoms with Crippen LogP contribution in [0, 0.1) is 11.8 Å². The SMILES string of the molecule is CNC(C)C(=O)Nc1cc(-c2cccc3cnn(C)c23)c(Cl)c(C#Cc2ccc3c(ccc(=O)n3C)c2)n1. The Labute approximate surface area is 224 Å². The lowest BCUT2D eigenvalue weighted by Crippen LogP contribution is -2.35. The Morgan fingerprint density at radius 1 is 1.03 bits per heavy atom. The van der Waals surface area contributed by atoms with Crippen molar-refractivity contribution >= 4 is 45.1 Å². The molecule has 0 saturated carbocycles. The molecule has 5 aromatic rings. The second kappa shape index (κ2) is 10.1. The van der Waals surface area contributed by atoms with E-state index in [4.69, 9.17) is 11.6 Å². The van der Waals surface area contributed by atoms with Gasteiger partial charge in [0.25, 0.3) is 5.56 Å². The quantitative estimate of drug-likeness (QED) is 0.345. The molecule has 5 rings (SSSR count). The molecule has 3 aromatic heterocycles. The van der Waals surface area contributed by atoms with Crippen molar-refractivity contribution in [2.24, 2.45) is 14.1 Å². The fourth-order valence-corrected chi connectivity index (χ4v) is 4.53. The van der Waals surface area contributed by atoms with Crippen LogP contribution in [-0.2, 0) is 18.9 Å². The van der Waals surface area contributed by atoms with Crippen LogP contribution in [0.25, 0.3) is 32.9 Å². The second-order valence-corrected chi connectivity index (χ2v) is 9.36. The van der Waals surface area contributed by atoms with Crippen molar-refractivity contribution in [2.75, 3.05) is 12.4 Å². The summed E-state index contributed by atoms with van der Waals surface area (Å²) in [5, 5.41) is 12.4. The van der Waals surface area contributed by atoms with E-state index in [-0.39, 0.29) is 11.5 Å². The highest BCUT2D eigenvalue weighted by molar-refractivity contribution is 6.34. The maximum absolute atomic E-state index is 12.6. The normalized spacial score (nSPS) is 11.8. The molecule has 0 fully saturated rings.